The van der Waals surface area contributed by atoms with Crippen LogP contribution in [0.3, 0.4) is 0 Å². The van der Waals surface area contributed by atoms with Crippen molar-refractivity contribution in [1.82, 2.24) is 0 Å². The van der Waals surface area contributed by atoms with Gasteiger partial charge in [0.25, 0.3) is 0 Å². The van der Waals surface area contributed by atoms with E-state index in [-0.39, 0.29) is 24.3 Å². The van der Waals surface area contributed by atoms with E-state index in [1.54, 1.807) is 0 Å². The summed E-state index contributed by atoms with van der Waals surface area (Å²) >= 11 is 0. The average Bonchev–Trinajstić information content (AvgIpc) is 3.58. The van der Waals surface area contributed by atoms with Gasteiger partial charge in [-0.2, -0.15) is 84.3 Å². The quantitative estimate of drug-likeness (QED) is 0.187. The summed E-state index contributed by atoms with van der Waals surface area (Å²) in [5.74, 6) is -5.55. The highest BCUT2D eigenvalue weighted by molar-refractivity contribution is 6.30. The van der Waals surface area contributed by atoms with Crippen LogP contribution in [0.4, 0.5) is 61.5 Å². The van der Waals surface area contributed by atoms with Crippen molar-refractivity contribution in [3.8, 4) is 36.4 Å². The third kappa shape index (κ3) is 6.24. The summed E-state index contributed by atoms with van der Waals surface area (Å²) in [6, 6.07) is 9.14. The van der Waals surface area contributed by atoms with Gasteiger partial charge >= 0.3 is 24.7 Å². The summed E-state index contributed by atoms with van der Waals surface area (Å²) in [7, 11) is 0. The van der Waals surface area contributed by atoms with E-state index in [9.17, 15) is 93.0 Å². The van der Waals surface area contributed by atoms with Crippen molar-refractivity contribution < 1.29 is 61.5 Å². The molecule has 0 radical (unpaired) electrons. The molecule has 6 nitrogen and oxygen atoms in total. The van der Waals surface area contributed by atoms with E-state index in [1.807, 2.05) is 0 Å². The Kier molecular flexibility index (Phi) is 9.35. The topological polar surface area (TPSA) is 143 Å². The van der Waals surface area contributed by atoms with E-state index in [2.05, 4.69) is 0 Å². The van der Waals surface area contributed by atoms with Crippen LogP contribution in [0.1, 0.15) is 55.6 Å². The fourth-order valence-electron chi connectivity index (χ4n) is 6.18. The monoisotopic (exact) mass is 788 g/mol. The molecule has 0 N–H and O–H groups in total. The highest BCUT2D eigenvalue weighted by Gasteiger charge is 2.46. The Morgan fingerprint density at radius 3 is 0.839 bits per heavy atom. The normalized spacial score (nSPS) is 13.9. The van der Waals surface area contributed by atoms with Crippen LogP contribution < -0.4 is 0 Å². The van der Waals surface area contributed by atoms with Crippen molar-refractivity contribution in [2.75, 3.05) is 0 Å². The fourth-order valence-corrected chi connectivity index (χ4v) is 6.18. The van der Waals surface area contributed by atoms with E-state index in [0.29, 0.717) is 0 Å². The van der Waals surface area contributed by atoms with Crippen molar-refractivity contribution >= 4 is 33.4 Å². The number of halogens is 14. The summed E-state index contributed by atoms with van der Waals surface area (Å²) < 4.78 is 196. The highest BCUT2D eigenvalue weighted by Crippen LogP contribution is 2.56. The molecular formula is C36H6F14N6. The van der Waals surface area contributed by atoms with Gasteiger partial charge in [0.1, 0.15) is 59.2 Å². The number of alkyl halides is 12. The first kappa shape index (κ1) is 39.8. The number of nitriles is 6. The summed E-state index contributed by atoms with van der Waals surface area (Å²) in [6.45, 7) is 0. The Morgan fingerprint density at radius 2 is 0.643 bits per heavy atom. The first-order valence-electron chi connectivity index (χ1n) is 14.5. The smallest absolute Gasteiger partial charge is 0.206 e. The molecule has 56 heavy (non-hydrogen) atoms. The lowest BCUT2D eigenvalue weighted by Crippen LogP contribution is -2.16. The first-order valence-corrected chi connectivity index (χ1v) is 14.5. The largest absolute Gasteiger partial charge is 0.419 e. The molecule has 3 aromatic carbocycles. The summed E-state index contributed by atoms with van der Waals surface area (Å²) in [5.41, 5.74) is -22.6. The predicted molar refractivity (Wildman–Crippen MR) is 160 cm³/mol. The Labute approximate surface area is 302 Å². The van der Waals surface area contributed by atoms with E-state index in [1.165, 1.54) is 36.4 Å². The third-order valence-electron chi connectivity index (χ3n) is 8.35. The summed E-state index contributed by atoms with van der Waals surface area (Å²) in [5, 5.41) is 59.7. The van der Waals surface area contributed by atoms with E-state index >= 15 is 0 Å². The van der Waals surface area contributed by atoms with E-state index < -0.39 is 137 Å². The van der Waals surface area contributed by atoms with E-state index in [0.717, 1.165) is 12.1 Å². The van der Waals surface area contributed by atoms with Crippen LogP contribution in [0.25, 0.3) is 33.4 Å². The van der Waals surface area contributed by atoms with Crippen LogP contribution in [-0.4, -0.2) is 0 Å². The molecule has 0 spiro atoms. The molecule has 20 heteroatoms. The van der Waals surface area contributed by atoms with Crippen LogP contribution in [0.2, 0.25) is 0 Å². The zero-order chi connectivity index (χ0) is 42.0. The van der Waals surface area contributed by atoms with Gasteiger partial charge in [-0.25, -0.2) is 8.78 Å². The van der Waals surface area contributed by atoms with Crippen molar-refractivity contribution in [2.24, 2.45) is 0 Å². The molecule has 2 aliphatic carbocycles. The van der Waals surface area contributed by atoms with Gasteiger partial charge in [0.05, 0.1) is 33.4 Å². The minimum atomic E-state index is -5.80. The number of rotatable bonds is 2. The predicted octanol–water partition coefficient (Wildman–Crippen LogP) is 10.5. The van der Waals surface area contributed by atoms with Crippen molar-refractivity contribution in [3.05, 3.63) is 115 Å². The van der Waals surface area contributed by atoms with Crippen LogP contribution in [-0.2, 0) is 24.7 Å². The number of nitrogens with zero attached hydrogens (tertiary/aromatic N) is 6. The standard InChI is InChI=1S/C36H6F14N6/c37-31-23(33(39,40)41)1-13(2-24(31)34(42,43)44)27-21(11-55)17-5-20-18(6-19(17)29(27)15(7-51)8-52)22(12-56)28(30(20)16(9-53)10-54)14-3-25(35(45,46)47)32(38)26(4-14)36(48,49)50/h1-6H. The number of allylic oxidation sites excluding steroid dienone is 8. The Bertz CT molecular complexity index is 2420. The number of hydrogen-bond donors (Lipinski definition) is 0. The van der Waals surface area contributed by atoms with Crippen molar-refractivity contribution in [2.45, 2.75) is 24.7 Å². The molecule has 5 rings (SSSR count). The maximum atomic E-state index is 14.7. The minimum absolute atomic E-state index is 0.151. The molecule has 0 heterocycles. The van der Waals surface area contributed by atoms with Gasteiger partial charge in [-0.3, -0.25) is 0 Å². The number of benzene rings is 3. The van der Waals surface area contributed by atoms with Crippen LogP contribution >= 0.6 is 0 Å². The third-order valence-corrected chi connectivity index (χ3v) is 8.35. The summed E-state index contributed by atoms with van der Waals surface area (Å²) in [4.78, 5) is 0. The summed E-state index contributed by atoms with van der Waals surface area (Å²) in [6.07, 6.45) is -23.2. The molecule has 278 valence electrons. The lowest BCUT2D eigenvalue weighted by atomic mass is 9.89. The molecule has 0 bridgehead atoms. The Hall–Kier alpha value is -7.42. The maximum Gasteiger partial charge on any atom is 0.419 e. The zero-order valence-corrected chi connectivity index (χ0v) is 26.4. The minimum Gasteiger partial charge on any atom is -0.206 e. The van der Waals surface area contributed by atoms with Gasteiger partial charge in [0.2, 0.25) is 0 Å². The Morgan fingerprint density at radius 1 is 0.393 bits per heavy atom. The second kappa shape index (κ2) is 13.2. The van der Waals surface area contributed by atoms with Gasteiger partial charge in [-0.15, -0.1) is 0 Å². The molecule has 0 unspecified atom stereocenters. The second-order valence-electron chi connectivity index (χ2n) is 11.4. The molecule has 0 atom stereocenters. The molecule has 0 saturated carbocycles. The number of hydrogen-bond acceptors (Lipinski definition) is 6. The van der Waals surface area contributed by atoms with Crippen LogP contribution in [0, 0.1) is 79.6 Å². The molecule has 0 saturated heterocycles. The van der Waals surface area contributed by atoms with Gasteiger partial charge in [0.15, 0.2) is 0 Å². The maximum absolute atomic E-state index is 14.7. The van der Waals surface area contributed by atoms with Crippen molar-refractivity contribution in [1.29, 1.82) is 31.6 Å². The fraction of sp³-hybridized carbons (Fsp3) is 0.111. The molecule has 2 aliphatic rings. The van der Waals surface area contributed by atoms with Gasteiger partial charge < -0.3 is 0 Å². The van der Waals surface area contributed by atoms with Gasteiger partial charge in [0, 0.05) is 33.4 Å². The molecule has 3 aromatic rings. The highest BCUT2D eigenvalue weighted by atomic mass is 19.4. The SMILES string of the molecule is N#CC(C#N)=C1C(c2cc(C(F)(F)F)c(F)c(C(F)(F)F)c2)=C(C#N)c2cc3c(cc21)C(C#N)=C(c1cc(C(F)(F)F)c(F)c(C(F)(F)F)c1)C3=C(C#N)C#N. The average molecular weight is 788 g/mol. The lowest BCUT2D eigenvalue weighted by Gasteiger charge is -2.17. The number of fused-ring (bicyclic) bond motifs is 2. The van der Waals surface area contributed by atoms with Crippen molar-refractivity contribution in [3.63, 3.8) is 0 Å². The molecular weight excluding hydrogens is 782 g/mol. The molecule has 0 aromatic heterocycles. The lowest BCUT2D eigenvalue weighted by molar-refractivity contribution is -0.149. The molecule has 0 fully saturated rings. The second-order valence-corrected chi connectivity index (χ2v) is 11.4. The zero-order valence-electron chi connectivity index (χ0n) is 26.4. The molecule has 0 aliphatic heterocycles. The Balaban J connectivity index is 1.98. The van der Waals surface area contributed by atoms with Crippen LogP contribution in [0.5, 0.6) is 0 Å². The van der Waals surface area contributed by atoms with Gasteiger partial charge in [-0.05, 0) is 58.7 Å². The van der Waals surface area contributed by atoms with E-state index in [4.69, 9.17) is 0 Å². The first-order chi connectivity index (χ1) is 25.9. The van der Waals surface area contributed by atoms with Crippen LogP contribution in [0.15, 0.2) is 47.5 Å². The molecule has 0 amide bonds. The van der Waals surface area contributed by atoms with Gasteiger partial charge in [-0.1, -0.05) is 0 Å².